The maximum Gasteiger partial charge on any atom is 0.0771 e. The van der Waals surface area contributed by atoms with Crippen LogP contribution < -0.4 is 4.90 Å². The normalized spacial score (nSPS) is 15.0. The molecule has 21 heavy (non-hydrogen) atoms. The molecule has 0 aromatic heterocycles. The highest BCUT2D eigenvalue weighted by atomic mass is 79.9. The van der Waals surface area contributed by atoms with Crippen LogP contribution in [0.4, 0.5) is 11.4 Å². The number of hydrogen-bond acceptors (Lipinski definition) is 2. The molecule has 2 aromatic carbocycles. The quantitative estimate of drug-likeness (QED) is 0.707. The van der Waals surface area contributed by atoms with Gasteiger partial charge in [0.25, 0.3) is 0 Å². The maximum absolute atomic E-state index is 4.56. The zero-order chi connectivity index (χ0) is 14.7. The van der Waals surface area contributed by atoms with Crippen molar-refractivity contribution in [1.29, 1.82) is 0 Å². The van der Waals surface area contributed by atoms with Crippen molar-refractivity contribution in [3.05, 3.63) is 58.1 Å². The molecule has 2 nitrogen and oxygen atoms in total. The number of hydrogen-bond donors (Lipinski definition) is 0. The van der Waals surface area contributed by atoms with Crippen molar-refractivity contribution < 1.29 is 0 Å². The third-order valence-electron chi connectivity index (χ3n) is 3.87. The van der Waals surface area contributed by atoms with Gasteiger partial charge in [-0.05, 0) is 71.1 Å². The average molecular weight is 343 g/mol. The first-order valence-electron chi connectivity index (χ1n) is 7.38. The lowest BCUT2D eigenvalue weighted by Gasteiger charge is -2.20. The van der Waals surface area contributed by atoms with Gasteiger partial charge in [0, 0.05) is 29.5 Å². The van der Waals surface area contributed by atoms with E-state index in [1.807, 2.05) is 30.5 Å². The van der Waals surface area contributed by atoms with E-state index in [0.29, 0.717) is 0 Å². The summed E-state index contributed by atoms with van der Waals surface area (Å²) in [5, 5.41) is 0. The summed E-state index contributed by atoms with van der Waals surface area (Å²) in [6.07, 6.45) is 4.55. The second-order valence-corrected chi connectivity index (χ2v) is 6.30. The Labute approximate surface area is 134 Å². The molecule has 2 aromatic rings. The molecule has 1 aliphatic heterocycles. The van der Waals surface area contributed by atoms with Gasteiger partial charge >= 0.3 is 0 Å². The highest BCUT2D eigenvalue weighted by Crippen LogP contribution is 2.26. The Balaban J connectivity index is 1.80. The molecule has 3 heteroatoms. The zero-order valence-corrected chi connectivity index (χ0v) is 13.8. The van der Waals surface area contributed by atoms with E-state index in [1.54, 1.807) is 0 Å². The third kappa shape index (κ3) is 3.35. The van der Waals surface area contributed by atoms with E-state index < -0.39 is 0 Å². The minimum absolute atomic E-state index is 0.957. The topological polar surface area (TPSA) is 15.6 Å². The van der Waals surface area contributed by atoms with Crippen LogP contribution in [0.15, 0.2) is 51.9 Å². The van der Waals surface area contributed by atoms with E-state index >= 15 is 0 Å². The fraction of sp³-hybridized carbons (Fsp3) is 0.278. The molecule has 0 aliphatic carbocycles. The number of rotatable bonds is 3. The third-order valence-corrected chi connectivity index (χ3v) is 4.54. The van der Waals surface area contributed by atoms with Crippen molar-refractivity contribution in [1.82, 2.24) is 0 Å². The van der Waals surface area contributed by atoms with Crippen molar-refractivity contribution >= 4 is 33.5 Å². The van der Waals surface area contributed by atoms with E-state index in [2.05, 4.69) is 50.9 Å². The number of para-hydroxylation sites is 1. The predicted octanol–water partition coefficient (Wildman–Crippen LogP) is 5.11. The highest BCUT2D eigenvalue weighted by Gasteiger charge is 2.13. The second-order valence-electron chi connectivity index (χ2n) is 5.45. The van der Waals surface area contributed by atoms with Crippen LogP contribution in [0.3, 0.4) is 0 Å². The van der Waals surface area contributed by atoms with Gasteiger partial charge < -0.3 is 4.90 Å². The molecule has 0 saturated carbocycles. The van der Waals surface area contributed by atoms with Gasteiger partial charge in [0.1, 0.15) is 0 Å². The van der Waals surface area contributed by atoms with Gasteiger partial charge in [-0.2, -0.15) is 0 Å². The first kappa shape index (κ1) is 14.3. The molecule has 3 rings (SSSR count). The Morgan fingerprint density at radius 1 is 1.10 bits per heavy atom. The molecular weight excluding hydrogens is 324 g/mol. The van der Waals surface area contributed by atoms with Crippen LogP contribution >= 0.6 is 15.9 Å². The number of anilines is 1. The number of nitrogens with zero attached hydrogens (tertiary/aromatic N) is 2. The lowest BCUT2D eigenvalue weighted by atomic mass is 10.1. The van der Waals surface area contributed by atoms with Crippen LogP contribution in [0.2, 0.25) is 0 Å². The molecule has 108 valence electrons. The molecule has 1 aliphatic rings. The molecule has 0 atom stereocenters. The van der Waals surface area contributed by atoms with E-state index in [1.165, 1.54) is 37.2 Å². The molecule has 0 N–H and O–H groups in total. The van der Waals surface area contributed by atoms with Gasteiger partial charge in [-0.1, -0.05) is 18.2 Å². The lowest BCUT2D eigenvalue weighted by molar-refractivity contribution is 0.949. The Bertz CT molecular complexity index is 658. The predicted molar refractivity (Wildman–Crippen MR) is 94.0 cm³/mol. The fourth-order valence-corrected chi connectivity index (χ4v) is 3.16. The molecule has 0 spiro atoms. The van der Waals surface area contributed by atoms with Gasteiger partial charge in [0.2, 0.25) is 0 Å². The van der Waals surface area contributed by atoms with E-state index in [4.69, 9.17) is 0 Å². The molecule has 0 radical (unpaired) electrons. The molecule has 0 unspecified atom stereocenters. The van der Waals surface area contributed by atoms with E-state index in [0.717, 1.165) is 15.7 Å². The van der Waals surface area contributed by atoms with Crippen LogP contribution in [0.1, 0.15) is 24.0 Å². The van der Waals surface area contributed by atoms with Crippen molar-refractivity contribution in [2.24, 2.45) is 4.99 Å². The smallest absolute Gasteiger partial charge is 0.0771 e. The first-order valence-corrected chi connectivity index (χ1v) is 8.17. The summed E-state index contributed by atoms with van der Waals surface area (Å²) in [5.74, 6) is 0. The Hall–Kier alpha value is -1.61. The summed E-state index contributed by atoms with van der Waals surface area (Å²) in [7, 11) is 0. The fourth-order valence-electron chi connectivity index (χ4n) is 2.77. The largest absolute Gasteiger partial charge is 0.371 e. The van der Waals surface area contributed by atoms with Crippen LogP contribution in [-0.4, -0.2) is 19.3 Å². The number of aryl methyl sites for hydroxylation is 1. The monoisotopic (exact) mass is 342 g/mol. The van der Waals surface area contributed by atoms with Crippen LogP contribution in [0.5, 0.6) is 0 Å². The second kappa shape index (κ2) is 6.44. The molecule has 0 amide bonds. The van der Waals surface area contributed by atoms with Gasteiger partial charge in [-0.25, -0.2) is 0 Å². The van der Waals surface area contributed by atoms with Crippen molar-refractivity contribution in [2.75, 3.05) is 18.0 Å². The lowest BCUT2D eigenvalue weighted by Crippen LogP contribution is -2.18. The molecule has 1 heterocycles. The molecular formula is C18H19BrN2. The van der Waals surface area contributed by atoms with Crippen molar-refractivity contribution in [2.45, 2.75) is 19.8 Å². The van der Waals surface area contributed by atoms with Gasteiger partial charge in [-0.15, -0.1) is 0 Å². The molecule has 0 bridgehead atoms. The number of halogens is 1. The Morgan fingerprint density at radius 3 is 2.57 bits per heavy atom. The number of benzene rings is 2. The number of aliphatic imine (C=N–C) groups is 1. The first-order chi connectivity index (χ1) is 10.2. The van der Waals surface area contributed by atoms with Crippen LogP contribution in [-0.2, 0) is 0 Å². The van der Waals surface area contributed by atoms with Crippen LogP contribution in [0.25, 0.3) is 0 Å². The van der Waals surface area contributed by atoms with Crippen molar-refractivity contribution in [3.8, 4) is 0 Å². The summed E-state index contributed by atoms with van der Waals surface area (Å²) in [5.41, 5.74) is 4.79. The summed E-state index contributed by atoms with van der Waals surface area (Å²) >= 11 is 3.52. The van der Waals surface area contributed by atoms with Gasteiger partial charge in [0.15, 0.2) is 0 Å². The minimum atomic E-state index is 0.957. The average Bonchev–Trinajstić information content (AvgIpc) is 3.00. The van der Waals surface area contributed by atoms with E-state index in [9.17, 15) is 0 Å². The molecule has 1 saturated heterocycles. The summed E-state index contributed by atoms with van der Waals surface area (Å²) in [4.78, 5) is 7.04. The summed E-state index contributed by atoms with van der Waals surface area (Å²) < 4.78 is 1.02. The van der Waals surface area contributed by atoms with Gasteiger partial charge in [0.05, 0.1) is 5.69 Å². The Kier molecular flexibility index (Phi) is 4.39. The van der Waals surface area contributed by atoms with E-state index in [-0.39, 0.29) is 0 Å². The Morgan fingerprint density at radius 2 is 1.86 bits per heavy atom. The van der Waals surface area contributed by atoms with Crippen molar-refractivity contribution in [3.63, 3.8) is 0 Å². The summed E-state index contributed by atoms with van der Waals surface area (Å²) in [6.45, 7) is 4.56. The molecule has 1 fully saturated rings. The highest BCUT2D eigenvalue weighted by molar-refractivity contribution is 9.10. The maximum atomic E-state index is 4.56. The standard InChI is InChI=1S/C18H19BrN2/c1-14-12-15(8-9-18(14)21-10-4-5-11-21)13-20-17-7-3-2-6-16(17)19/h2-3,6-9,12-13H,4-5,10-11H2,1H3. The van der Waals surface area contributed by atoms with Gasteiger partial charge in [-0.3, -0.25) is 4.99 Å². The van der Waals surface area contributed by atoms with Crippen LogP contribution in [0, 0.1) is 6.92 Å². The minimum Gasteiger partial charge on any atom is -0.371 e. The summed E-state index contributed by atoms with van der Waals surface area (Å²) in [6, 6.07) is 14.6. The zero-order valence-electron chi connectivity index (χ0n) is 12.2. The SMILES string of the molecule is Cc1cc(C=Nc2ccccc2Br)ccc1N1CCCC1.